The van der Waals surface area contributed by atoms with Crippen LogP contribution in [0.5, 0.6) is 0 Å². The van der Waals surface area contributed by atoms with Gasteiger partial charge in [-0.15, -0.1) is 0 Å². The molecule has 1 aliphatic rings. The zero-order valence-electron chi connectivity index (χ0n) is 5.42. The van der Waals surface area contributed by atoms with E-state index in [2.05, 4.69) is 5.32 Å². The zero-order valence-corrected chi connectivity index (χ0v) is 7.05. The summed E-state index contributed by atoms with van der Waals surface area (Å²) in [6.07, 6.45) is 0.550. The van der Waals surface area contributed by atoms with E-state index < -0.39 is 0 Å². The van der Waals surface area contributed by atoms with E-state index in [0.717, 1.165) is 0 Å². The molecule has 1 N–H and O–H groups in total. The summed E-state index contributed by atoms with van der Waals surface area (Å²) in [5, 5.41) is 2.80. The van der Waals surface area contributed by atoms with Crippen molar-refractivity contribution < 1.29 is 9.53 Å². The number of carbonyl (C=O) groups excluding carboxylic acids is 1. The van der Waals surface area contributed by atoms with Crippen molar-refractivity contribution in [2.24, 2.45) is 0 Å². The number of β-lactam (4-membered cyclic amide) rings is 1. The topological polar surface area (TPSA) is 38.3 Å². The monoisotopic (exact) mass is 177 g/mol. The lowest BCUT2D eigenvalue weighted by atomic mass is 10.3. The number of thioether (sulfide) groups is 1. The Morgan fingerprint density at radius 1 is 2.00 bits per heavy atom. The summed E-state index contributed by atoms with van der Waals surface area (Å²) in [5.41, 5.74) is 0. The molecule has 1 fully saturated rings. The summed E-state index contributed by atoms with van der Waals surface area (Å²) in [5.74, 6) is 0.0800. The van der Waals surface area contributed by atoms with Gasteiger partial charge < -0.3 is 10.1 Å². The van der Waals surface area contributed by atoms with E-state index in [1.165, 1.54) is 18.9 Å². The zero-order chi connectivity index (χ0) is 7.56. The van der Waals surface area contributed by atoms with Crippen LogP contribution >= 0.6 is 24.0 Å². The number of rotatable bonds is 1. The highest BCUT2D eigenvalue weighted by molar-refractivity contribution is 8.23. The van der Waals surface area contributed by atoms with Gasteiger partial charge in [0.1, 0.15) is 0 Å². The van der Waals surface area contributed by atoms with Gasteiger partial charge in [0.25, 0.3) is 0 Å². The predicted molar refractivity (Wildman–Crippen MR) is 43.7 cm³/mol. The van der Waals surface area contributed by atoms with E-state index in [9.17, 15) is 4.79 Å². The van der Waals surface area contributed by atoms with Gasteiger partial charge in [-0.3, -0.25) is 4.79 Å². The summed E-state index contributed by atoms with van der Waals surface area (Å²) in [6.45, 7) is 0. The molecule has 56 valence electrons. The van der Waals surface area contributed by atoms with Gasteiger partial charge >= 0.3 is 0 Å². The lowest BCUT2D eigenvalue weighted by Gasteiger charge is -2.25. The molecule has 0 aliphatic carbocycles. The number of hydrogen-bond donors (Lipinski definition) is 1. The molecule has 0 bridgehead atoms. The third-order valence-corrected chi connectivity index (χ3v) is 2.48. The van der Waals surface area contributed by atoms with Crippen molar-refractivity contribution in [1.82, 2.24) is 5.32 Å². The normalized spacial score (nSPS) is 22.9. The highest BCUT2D eigenvalue weighted by atomic mass is 32.2. The number of ether oxygens (including phenoxy) is 1. The van der Waals surface area contributed by atoms with Crippen molar-refractivity contribution >= 4 is 34.3 Å². The molecule has 10 heavy (non-hydrogen) atoms. The number of hydrogen-bond acceptors (Lipinski definition) is 4. The van der Waals surface area contributed by atoms with Crippen molar-refractivity contribution in [1.29, 1.82) is 0 Å². The van der Waals surface area contributed by atoms with Gasteiger partial charge in [-0.05, 0) is 12.2 Å². The second-order valence-corrected chi connectivity index (χ2v) is 3.64. The lowest BCUT2D eigenvalue weighted by Crippen LogP contribution is -2.46. The van der Waals surface area contributed by atoms with Gasteiger partial charge in [-0.1, -0.05) is 11.8 Å². The minimum absolute atomic E-state index is 0.0800. The van der Waals surface area contributed by atoms with Gasteiger partial charge in [-0.2, -0.15) is 0 Å². The van der Waals surface area contributed by atoms with Gasteiger partial charge in [0.2, 0.25) is 10.3 Å². The van der Waals surface area contributed by atoms with Crippen molar-refractivity contribution in [2.45, 2.75) is 11.8 Å². The predicted octanol–water partition coefficient (Wildman–Crippen LogP) is 0.497. The van der Waals surface area contributed by atoms with Crippen molar-refractivity contribution in [3.8, 4) is 0 Å². The summed E-state index contributed by atoms with van der Waals surface area (Å²) >= 11 is 6.13. The lowest BCUT2D eigenvalue weighted by molar-refractivity contribution is -0.126. The fourth-order valence-corrected chi connectivity index (χ4v) is 1.66. The molecule has 0 aromatic rings. The van der Waals surface area contributed by atoms with Crippen LogP contribution in [0.2, 0.25) is 0 Å². The molecule has 1 amide bonds. The van der Waals surface area contributed by atoms with Crippen molar-refractivity contribution in [2.75, 3.05) is 7.11 Å². The van der Waals surface area contributed by atoms with E-state index in [1.54, 1.807) is 0 Å². The largest absolute Gasteiger partial charge is 0.482 e. The van der Waals surface area contributed by atoms with E-state index >= 15 is 0 Å². The molecule has 1 aliphatic heterocycles. The van der Waals surface area contributed by atoms with Crippen LogP contribution in [-0.2, 0) is 9.53 Å². The number of methoxy groups -OCH3 is 1. The quantitative estimate of drug-likeness (QED) is 0.467. The number of thiocarbonyl (C=S) groups is 1. The first-order valence-electron chi connectivity index (χ1n) is 2.76. The first-order chi connectivity index (χ1) is 4.72. The Balaban J connectivity index is 2.16. The van der Waals surface area contributed by atoms with Crippen LogP contribution in [-0.4, -0.2) is 22.8 Å². The Morgan fingerprint density at radius 2 is 2.60 bits per heavy atom. The minimum Gasteiger partial charge on any atom is -0.482 e. The second-order valence-electron chi connectivity index (χ2n) is 1.83. The standard InChI is InChI=1S/C5H7NO2S2/c1-8-5(9)10-4-2-3(7)6-4/h4H,2H2,1H3,(H,6,7). The van der Waals surface area contributed by atoms with Crippen LogP contribution in [0.15, 0.2) is 0 Å². The molecular formula is C5H7NO2S2. The molecule has 0 saturated carbocycles. The fraction of sp³-hybridized carbons (Fsp3) is 0.600. The van der Waals surface area contributed by atoms with E-state index in [-0.39, 0.29) is 11.3 Å². The second kappa shape index (κ2) is 3.21. The van der Waals surface area contributed by atoms with Gasteiger partial charge in [0.15, 0.2) is 0 Å². The van der Waals surface area contributed by atoms with Crippen LogP contribution in [0, 0.1) is 0 Å². The molecule has 3 nitrogen and oxygen atoms in total. The molecule has 0 radical (unpaired) electrons. The maximum atomic E-state index is 10.4. The molecule has 0 aromatic heterocycles. The van der Waals surface area contributed by atoms with Crippen LogP contribution < -0.4 is 5.32 Å². The average Bonchev–Trinajstić information content (AvgIpc) is 1.84. The summed E-state index contributed by atoms with van der Waals surface area (Å²) in [6, 6.07) is 0. The maximum Gasteiger partial charge on any atom is 0.223 e. The van der Waals surface area contributed by atoms with Crippen LogP contribution in [0.4, 0.5) is 0 Å². The number of nitrogens with one attached hydrogen (secondary N) is 1. The van der Waals surface area contributed by atoms with Crippen LogP contribution in [0.3, 0.4) is 0 Å². The Bertz CT molecular complexity index is 163. The highest BCUT2D eigenvalue weighted by Crippen LogP contribution is 2.20. The van der Waals surface area contributed by atoms with E-state index in [1.807, 2.05) is 0 Å². The number of amides is 1. The molecule has 1 heterocycles. The fourth-order valence-electron chi connectivity index (χ4n) is 0.562. The maximum absolute atomic E-state index is 10.4. The molecule has 1 rings (SSSR count). The molecule has 1 atom stereocenters. The highest BCUT2D eigenvalue weighted by Gasteiger charge is 2.26. The average molecular weight is 177 g/mol. The van der Waals surface area contributed by atoms with Crippen molar-refractivity contribution in [3.05, 3.63) is 0 Å². The number of carbonyl (C=O) groups is 1. The summed E-state index contributed by atoms with van der Waals surface area (Å²) in [7, 11) is 1.52. The van der Waals surface area contributed by atoms with Gasteiger partial charge in [0, 0.05) is 0 Å². The Morgan fingerprint density at radius 3 is 3.00 bits per heavy atom. The smallest absolute Gasteiger partial charge is 0.223 e. The Hall–Kier alpha value is -0.290. The van der Waals surface area contributed by atoms with Crippen molar-refractivity contribution in [3.63, 3.8) is 0 Å². The SMILES string of the molecule is COC(=S)SC1CC(=O)N1. The molecular weight excluding hydrogens is 170 g/mol. The van der Waals surface area contributed by atoms with Gasteiger partial charge in [-0.25, -0.2) is 0 Å². The first-order valence-corrected chi connectivity index (χ1v) is 4.05. The molecule has 0 aromatic carbocycles. The van der Waals surface area contributed by atoms with E-state index in [0.29, 0.717) is 10.8 Å². The molecule has 1 saturated heterocycles. The molecule has 5 heteroatoms. The van der Waals surface area contributed by atoms with Crippen LogP contribution in [0.1, 0.15) is 6.42 Å². The Labute approximate surface area is 68.5 Å². The van der Waals surface area contributed by atoms with Gasteiger partial charge in [0.05, 0.1) is 18.9 Å². The third-order valence-electron chi connectivity index (χ3n) is 1.10. The third kappa shape index (κ3) is 1.85. The molecule has 0 spiro atoms. The summed E-state index contributed by atoms with van der Waals surface area (Å²) in [4.78, 5) is 10.4. The van der Waals surface area contributed by atoms with E-state index in [4.69, 9.17) is 17.0 Å². The summed E-state index contributed by atoms with van der Waals surface area (Å²) < 4.78 is 5.21. The minimum atomic E-state index is 0.0800. The van der Waals surface area contributed by atoms with Crippen LogP contribution in [0.25, 0.3) is 0 Å². The Kier molecular flexibility index (Phi) is 2.50. The molecule has 1 unspecified atom stereocenters. The first kappa shape index (κ1) is 7.81.